The fraction of sp³-hybridized carbons (Fsp3) is 0.966. The number of rotatable bonds is 19. The van der Waals surface area contributed by atoms with Crippen molar-refractivity contribution in [3.05, 3.63) is 0 Å². The molecular weight excluding hydrogens is 1270 g/mol. The number of aliphatic hydroxyl groups excluding tert-OH is 20. The van der Waals surface area contributed by atoms with E-state index in [4.69, 9.17) is 61.6 Å². The minimum atomic E-state index is -1.89. The summed E-state index contributed by atoms with van der Waals surface area (Å²) in [6.45, 7) is -0.894. The molecule has 0 bridgehead atoms. The maximum atomic E-state index is 13.5. The number of carbonyl (C=O) groups is 2. The second-order valence-corrected chi connectivity index (χ2v) is 27.2. The summed E-state index contributed by atoms with van der Waals surface area (Å²) in [5.74, 6) is -4.01. The molecule has 542 valence electrons. The van der Waals surface area contributed by atoms with Crippen molar-refractivity contribution in [3.63, 3.8) is 0 Å². The van der Waals surface area contributed by atoms with Crippen molar-refractivity contribution in [1.29, 1.82) is 0 Å². The van der Waals surface area contributed by atoms with Crippen molar-refractivity contribution < 1.29 is 173 Å². The Morgan fingerprint density at radius 2 is 0.777 bits per heavy atom. The van der Waals surface area contributed by atoms with E-state index in [-0.39, 0.29) is 70.6 Å². The quantitative estimate of drug-likeness (QED) is 0.0422. The highest BCUT2D eigenvalue weighted by Gasteiger charge is 2.58. The van der Waals surface area contributed by atoms with Crippen LogP contribution in [-0.4, -0.2) is 360 Å². The Bertz CT molecular complexity index is 2380. The van der Waals surface area contributed by atoms with Gasteiger partial charge in [0.25, 0.3) is 0 Å². The fourth-order valence-electron chi connectivity index (χ4n) is 14.8. The number of hydrogen-bond acceptors (Lipinski definition) is 34. The second kappa shape index (κ2) is 32.1. The number of ether oxygens (including phenoxy) is 13. The summed E-state index contributed by atoms with van der Waals surface area (Å²) in [5.41, 5.74) is 0. The number of esters is 2. The van der Waals surface area contributed by atoms with Crippen molar-refractivity contribution >= 4 is 11.9 Å². The fourth-order valence-corrected chi connectivity index (χ4v) is 14.8. The highest BCUT2D eigenvalue weighted by atomic mass is 16.8. The second-order valence-electron chi connectivity index (χ2n) is 27.2. The van der Waals surface area contributed by atoms with Gasteiger partial charge in [0.2, 0.25) is 0 Å². The van der Waals surface area contributed by atoms with E-state index in [0.29, 0.717) is 12.8 Å². The lowest BCUT2D eigenvalue weighted by molar-refractivity contribution is -0.367. The zero-order valence-electron chi connectivity index (χ0n) is 51.6. The molecule has 4 aliphatic carbocycles. The van der Waals surface area contributed by atoms with Gasteiger partial charge in [-0.15, -0.1) is 0 Å². The molecule has 4 saturated carbocycles. The standard InChI is InChI=1S/C59H96O35/c1-19-36(64)42(70)47(75)55(85-19)84-18-35-41(69)46(74)51(79)59(94-35)90-31-14-26-27(61)12-25(13-30(26)89-52(31)22-10-28(62)37(65)29(63)11-22)88-58-50(78)45(73)40(68)34(93-58)17-83-54(81)21-4-8-24(9-5-21)87-57-49(77)44(72)39(67)33(92-57)16-82-53(80)20-2-6-23(7-3-20)86-56-48(76)43(71)38(66)32(15-60)91-56/h19-52,55-79H,2-18H2,1H3/p+1/t19-,20?,21?,22?,23?,24?,25?,26?,27?,28?,29?,30?,31?,32+,33+,34+,35+,36-,37?,38+,39+,40+,41+,42+,43-,44-,45-,46-,47+,48+,49+,50+,51+,52?,55+,56+,57+,58+,59+/m0/s1. The Hall–Kier alpha value is -2.30. The summed E-state index contributed by atoms with van der Waals surface area (Å²) in [6, 6.07) is 0. The van der Waals surface area contributed by atoms with E-state index in [1.54, 1.807) is 0 Å². The summed E-state index contributed by atoms with van der Waals surface area (Å²) in [6.07, 6.45) is -48.2. The highest BCUT2D eigenvalue weighted by molar-refractivity contribution is 5.73. The van der Waals surface area contributed by atoms with E-state index in [2.05, 4.69) is 0 Å². The zero-order valence-corrected chi connectivity index (χ0v) is 51.6. The van der Waals surface area contributed by atoms with Crippen LogP contribution in [0.1, 0.15) is 90.4 Å². The summed E-state index contributed by atoms with van der Waals surface area (Å²) in [7, 11) is 0. The van der Waals surface area contributed by atoms with Crippen LogP contribution in [0.3, 0.4) is 0 Å². The van der Waals surface area contributed by atoms with E-state index >= 15 is 0 Å². The number of fused-ring (bicyclic) bond motifs is 1. The van der Waals surface area contributed by atoms with Crippen LogP contribution in [0.5, 0.6) is 0 Å². The predicted octanol–water partition coefficient (Wildman–Crippen LogP) is -10.0. The molecule has 10 fully saturated rings. The Kier molecular flexibility index (Phi) is 25.4. The molecule has 33 atom stereocenters. The van der Waals surface area contributed by atoms with E-state index < -0.39 is 277 Å². The van der Waals surface area contributed by atoms with Gasteiger partial charge in [-0.1, -0.05) is 0 Å². The van der Waals surface area contributed by atoms with Crippen molar-refractivity contribution in [2.75, 3.05) is 26.4 Å². The molecule has 0 radical (unpaired) electrons. The third-order valence-electron chi connectivity index (χ3n) is 20.8. The van der Waals surface area contributed by atoms with Crippen LogP contribution in [-0.2, 0) is 66.4 Å². The first-order chi connectivity index (χ1) is 44.6. The molecule has 0 amide bonds. The van der Waals surface area contributed by atoms with Crippen molar-refractivity contribution in [2.24, 2.45) is 23.7 Å². The lowest BCUT2D eigenvalue weighted by Gasteiger charge is -2.49. The van der Waals surface area contributed by atoms with Crippen LogP contribution in [0.25, 0.3) is 0 Å². The van der Waals surface area contributed by atoms with E-state index in [1.807, 2.05) is 0 Å². The van der Waals surface area contributed by atoms with E-state index in [1.165, 1.54) is 6.92 Å². The Labute approximate surface area is 539 Å². The summed E-state index contributed by atoms with van der Waals surface area (Å²) in [4.78, 5) is 26.7. The van der Waals surface area contributed by atoms with Gasteiger partial charge in [0.15, 0.2) is 43.7 Å². The van der Waals surface area contributed by atoms with Crippen LogP contribution in [0.4, 0.5) is 0 Å². The summed E-state index contributed by atoms with van der Waals surface area (Å²) < 4.78 is 74.8. The topological polar surface area (TPSA) is 562 Å². The van der Waals surface area contributed by atoms with Crippen molar-refractivity contribution in [2.45, 2.75) is 305 Å². The SMILES string of the molecule is C[C@@H]1O[C@@H](OC[C@H]2O[C@@H](OC3CC4C(O)CC(O[C@@H]5O[C@H](COC(=O)C6CCC(O[C@@H]7O[C@H](COC(=O)C8CCC(O[C@@H]9O[C@H](CO)[C@@H](O)[C@H](O)[C@H]9O)CC8)[C@@H](O)[C@H](O)[C@H]7O)CC6)[C@@H](O)[C@H](O)[C@H]5O)CC4[OH+]C3C3CC(O)C(O)C(O)C3)[C@H](O)[C@@H](O)[C@@H]2O)[C@H](O)[C@H](O)[C@H]1O. The normalized spacial score (nSPS) is 52.1. The molecule has 0 aromatic carbocycles. The number of hydrogen-bond donors (Lipinski definition) is 20. The lowest BCUT2D eigenvalue weighted by atomic mass is 9.72. The van der Waals surface area contributed by atoms with Crippen LogP contribution < -0.4 is 0 Å². The van der Waals surface area contributed by atoms with E-state index in [9.17, 15) is 112 Å². The van der Waals surface area contributed by atoms with Gasteiger partial charge in [-0.05, 0) is 77.6 Å². The van der Waals surface area contributed by atoms with Gasteiger partial charge in [0.1, 0.15) is 141 Å². The van der Waals surface area contributed by atoms with Gasteiger partial charge in [-0.3, -0.25) is 9.59 Å². The first kappa shape index (κ1) is 74.4. The molecule has 21 N–H and O–H groups in total. The highest BCUT2D eigenvalue weighted by Crippen LogP contribution is 2.44. The molecule has 94 heavy (non-hydrogen) atoms. The van der Waals surface area contributed by atoms with Crippen LogP contribution in [0, 0.1) is 23.7 Å². The molecular formula is C59H97O35+. The molecule has 10 rings (SSSR count). The molecule has 8 unspecified atom stereocenters. The average Bonchev–Trinajstić information content (AvgIpc) is 0.769. The maximum absolute atomic E-state index is 13.5. The van der Waals surface area contributed by atoms with Crippen LogP contribution in [0.2, 0.25) is 0 Å². The molecule has 0 aromatic heterocycles. The Balaban J connectivity index is 0.682. The van der Waals surface area contributed by atoms with Gasteiger partial charge in [-0.25, -0.2) is 0 Å². The van der Waals surface area contributed by atoms with Gasteiger partial charge >= 0.3 is 11.9 Å². The molecule has 0 aromatic rings. The molecule has 6 aliphatic heterocycles. The van der Waals surface area contributed by atoms with E-state index in [0.717, 1.165) is 0 Å². The molecule has 35 heteroatoms. The van der Waals surface area contributed by atoms with Gasteiger partial charge in [0.05, 0.1) is 73.7 Å². The molecule has 0 spiro atoms. The van der Waals surface area contributed by atoms with Gasteiger partial charge in [0, 0.05) is 18.8 Å². The molecule has 10 aliphatic rings. The molecule has 6 heterocycles. The summed E-state index contributed by atoms with van der Waals surface area (Å²) in [5, 5.41) is 213. The van der Waals surface area contributed by atoms with Crippen molar-refractivity contribution in [3.8, 4) is 0 Å². The minimum Gasteiger partial charge on any atom is -0.463 e. The molecule has 6 saturated heterocycles. The number of carbonyl (C=O) groups excluding carboxylic acids is 2. The number of aliphatic hydroxyl groups is 22. The predicted molar refractivity (Wildman–Crippen MR) is 301 cm³/mol. The van der Waals surface area contributed by atoms with Gasteiger partial charge < -0.3 is 164 Å². The summed E-state index contributed by atoms with van der Waals surface area (Å²) >= 11 is 0. The van der Waals surface area contributed by atoms with Gasteiger partial charge in [-0.2, -0.15) is 0 Å². The Morgan fingerprint density at radius 3 is 1.23 bits per heavy atom. The monoisotopic (exact) mass is 1370 g/mol. The lowest BCUT2D eigenvalue weighted by Crippen LogP contribution is -2.64. The van der Waals surface area contributed by atoms with Crippen LogP contribution in [0.15, 0.2) is 0 Å². The third-order valence-corrected chi connectivity index (χ3v) is 20.8. The first-order valence-electron chi connectivity index (χ1n) is 32.7. The Morgan fingerprint density at radius 1 is 0.383 bits per heavy atom. The first-order valence-corrected chi connectivity index (χ1v) is 32.7. The average molecular weight is 1370 g/mol. The smallest absolute Gasteiger partial charge is 0.309 e. The maximum Gasteiger partial charge on any atom is 0.309 e. The van der Waals surface area contributed by atoms with Crippen molar-refractivity contribution in [1.82, 2.24) is 0 Å². The zero-order chi connectivity index (χ0) is 67.9. The van der Waals surface area contributed by atoms with Crippen LogP contribution >= 0.6 is 0 Å². The third kappa shape index (κ3) is 16.5. The largest absolute Gasteiger partial charge is 0.463 e. The minimum absolute atomic E-state index is 0.000784. The molecule has 35 nitrogen and oxygen atoms in total.